The third-order valence-electron chi connectivity index (χ3n) is 3.99. The van der Waals surface area contributed by atoms with E-state index >= 15 is 0 Å². The molecule has 0 rings (SSSR count). The molecule has 126 valence electrons. The van der Waals surface area contributed by atoms with Gasteiger partial charge in [0, 0.05) is 9.11 Å². The molecule has 0 unspecified atom stereocenters. The van der Waals surface area contributed by atoms with Gasteiger partial charge < -0.3 is 4.74 Å². The van der Waals surface area contributed by atoms with Crippen molar-refractivity contribution in [1.29, 1.82) is 0 Å². The molecule has 0 aromatic rings. The molecule has 0 aliphatic rings. The van der Waals surface area contributed by atoms with Gasteiger partial charge in [-0.3, -0.25) is 4.79 Å². The van der Waals surface area contributed by atoms with Gasteiger partial charge in [-0.2, -0.15) is 0 Å². The van der Waals surface area contributed by atoms with Crippen molar-refractivity contribution in [3.8, 4) is 0 Å². The van der Waals surface area contributed by atoms with Gasteiger partial charge in [-0.25, -0.2) is 0 Å². The molecule has 0 bridgehead atoms. The van der Waals surface area contributed by atoms with Gasteiger partial charge in [0.1, 0.15) is 0 Å². The molecule has 0 saturated carbocycles. The summed E-state index contributed by atoms with van der Waals surface area (Å²) < 4.78 is 19.6. The molecule has 0 N–H and O–H groups in total. The Morgan fingerprint density at radius 1 is 0.714 bits per heavy atom. The lowest BCUT2D eigenvalue weighted by Crippen LogP contribution is -1.99. The molecule has 2 nitrogen and oxygen atoms in total. The molecule has 21 heavy (non-hydrogen) atoms. The third-order valence-corrected chi connectivity index (χ3v) is 3.99. The summed E-state index contributed by atoms with van der Waals surface area (Å²) in [7, 11) is 1.24. The lowest BCUT2D eigenvalue weighted by molar-refractivity contribution is -0.140. The molecule has 0 aliphatic heterocycles. The molecular formula is C19H38O2. The maximum absolute atomic E-state index is 11.2. The van der Waals surface area contributed by atoms with Crippen molar-refractivity contribution in [2.24, 2.45) is 0 Å². The van der Waals surface area contributed by atoms with E-state index in [1.54, 1.807) is 0 Å². The molecule has 2 heteroatoms. The molecule has 0 heterocycles. The second-order valence-corrected chi connectivity index (χ2v) is 6.01. The average Bonchev–Trinajstić information content (AvgIpc) is 2.54. The fourth-order valence-corrected chi connectivity index (χ4v) is 2.58. The van der Waals surface area contributed by atoms with Gasteiger partial charge in [0.25, 0.3) is 0 Å². The first-order chi connectivity index (χ1) is 11.0. The summed E-state index contributed by atoms with van der Waals surface area (Å²) in [6, 6.07) is 0. The Kier molecular flexibility index (Phi) is 14.0. The highest BCUT2D eigenvalue weighted by Gasteiger charge is 1.99. The predicted molar refractivity (Wildman–Crippen MR) is 91.6 cm³/mol. The summed E-state index contributed by atoms with van der Waals surface area (Å²) >= 11 is 0. The molecule has 0 aliphatic carbocycles. The third kappa shape index (κ3) is 17.4. The van der Waals surface area contributed by atoms with Gasteiger partial charge >= 0.3 is 5.97 Å². The number of carbonyl (C=O) groups is 1. The minimum atomic E-state index is -1.81. The maximum atomic E-state index is 11.2. The van der Waals surface area contributed by atoms with Crippen LogP contribution in [0.5, 0.6) is 0 Å². The molecule has 0 atom stereocenters. The minimum Gasteiger partial charge on any atom is -0.469 e. The molecule has 0 spiro atoms. The van der Waals surface area contributed by atoms with Crippen LogP contribution in [0.2, 0.25) is 0 Å². The van der Waals surface area contributed by atoms with Gasteiger partial charge in [-0.05, 0) is 6.42 Å². The average molecular weight is 301 g/mol. The van der Waals surface area contributed by atoms with Crippen molar-refractivity contribution in [2.75, 3.05) is 7.11 Å². The molecule has 0 saturated heterocycles. The standard InChI is InChI=1S/C19H38O2/c1-3-4-5-6-7-8-9-10-11-12-13-14-15-16-17-18-19(20)21-2/h3-18H2,1-2H3/i18D2. The van der Waals surface area contributed by atoms with Crippen LogP contribution >= 0.6 is 0 Å². The topological polar surface area (TPSA) is 26.3 Å². The van der Waals surface area contributed by atoms with Crippen LogP contribution in [0, 0.1) is 0 Å². The SMILES string of the molecule is [2H]C([2H])(CCCCCCCCCCCCCCCC)C(=O)OC. The zero-order valence-electron chi connectivity index (χ0n) is 16.4. The monoisotopic (exact) mass is 300 g/mol. The Morgan fingerprint density at radius 2 is 1.05 bits per heavy atom. The van der Waals surface area contributed by atoms with Crippen LogP contribution in [0.4, 0.5) is 0 Å². The second kappa shape index (κ2) is 17.5. The van der Waals surface area contributed by atoms with E-state index in [0.29, 0.717) is 0 Å². The Balaban J connectivity index is 3.24. The van der Waals surface area contributed by atoms with Crippen molar-refractivity contribution in [3.05, 3.63) is 0 Å². The highest BCUT2D eigenvalue weighted by Crippen LogP contribution is 2.13. The van der Waals surface area contributed by atoms with E-state index in [0.717, 1.165) is 19.3 Å². The summed E-state index contributed by atoms with van der Waals surface area (Å²) in [5, 5.41) is 0. The van der Waals surface area contributed by atoms with E-state index < -0.39 is 12.3 Å². The Bertz CT molecular complexity index is 281. The zero-order chi connectivity index (χ0) is 17.4. The number of hydrogen-bond donors (Lipinski definition) is 0. The summed E-state index contributed by atoms with van der Waals surface area (Å²) in [5.41, 5.74) is 0. The van der Waals surface area contributed by atoms with Crippen molar-refractivity contribution in [3.63, 3.8) is 0 Å². The number of methoxy groups -OCH3 is 1. The fourth-order valence-electron chi connectivity index (χ4n) is 2.58. The Labute approximate surface area is 135 Å². The van der Waals surface area contributed by atoms with E-state index in [1.807, 2.05) is 0 Å². The molecule has 0 aromatic carbocycles. The van der Waals surface area contributed by atoms with Gasteiger partial charge in [0.15, 0.2) is 0 Å². The van der Waals surface area contributed by atoms with Crippen LogP contribution in [-0.2, 0) is 9.53 Å². The van der Waals surface area contributed by atoms with E-state index in [1.165, 1.54) is 77.7 Å². The highest BCUT2D eigenvalue weighted by molar-refractivity contribution is 5.68. The van der Waals surface area contributed by atoms with E-state index in [2.05, 4.69) is 11.7 Å². The van der Waals surface area contributed by atoms with Gasteiger partial charge in [0.05, 0.1) is 7.11 Å². The predicted octanol–water partition coefficient (Wildman–Crippen LogP) is 6.42. The molecular weight excluding hydrogens is 260 g/mol. The normalized spacial score (nSPS) is 12.9. The van der Waals surface area contributed by atoms with Crippen molar-refractivity contribution < 1.29 is 12.3 Å². The van der Waals surface area contributed by atoms with Crippen molar-refractivity contribution >= 4 is 5.97 Å². The quantitative estimate of drug-likeness (QED) is 0.243. The van der Waals surface area contributed by atoms with Crippen LogP contribution in [0.15, 0.2) is 0 Å². The first-order valence-corrected chi connectivity index (χ1v) is 9.13. The summed E-state index contributed by atoms with van der Waals surface area (Å²) in [6.45, 7) is 2.26. The van der Waals surface area contributed by atoms with Crippen LogP contribution in [0.1, 0.15) is 112 Å². The van der Waals surface area contributed by atoms with Crippen LogP contribution in [0.3, 0.4) is 0 Å². The first-order valence-electron chi connectivity index (χ1n) is 10.1. The number of hydrogen-bond acceptors (Lipinski definition) is 2. The maximum Gasteiger partial charge on any atom is 0.305 e. The van der Waals surface area contributed by atoms with E-state index in [4.69, 9.17) is 2.74 Å². The van der Waals surface area contributed by atoms with Crippen molar-refractivity contribution in [1.82, 2.24) is 0 Å². The molecule has 0 fully saturated rings. The molecule has 0 radical (unpaired) electrons. The van der Waals surface area contributed by atoms with E-state index in [9.17, 15) is 4.79 Å². The lowest BCUT2D eigenvalue weighted by Gasteiger charge is -2.03. The molecule has 0 amide bonds. The molecule has 0 aromatic heterocycles. The summed E-state index contributed by atoms with van der Waals surface area (Å²) in [5.74, 6) is -0.743. The number of esters is 1. The first kappa shape index (κ1) is 16.8. The fraction of sp³-hybridized carbons (Fsp3) is 0.947. The largest absolute Gasteiger partial charge is 0.469 e. The Morgan fingerprint density at radius 3 is 1.38 bits per heavy atom. The van der Waals surface area contributed by atoms with Crippen LogP contribution in [-0.4, -0.2) is 13.1 Å². The van der Waals surface area contributed by atoms with Crippen molar-refractivity contribution in [2.45, 2.75) is 110 Å². The van der Waals surface area contributed by atoms with Gasteiger partial charge in [-0.15, -0.1) is 0 Å². The minimum absolute atomic E-state index is 0.276. The summed E-state index contributed by atoms with van der Waals surface area (Å²) in [6.07, 6.45) is 16.3. The highest BCUT2D eigenvalue weighted by atomic mass is 16.5. The van der Waals surface area contributed by atoms with Gasteiger partial charge in [-0.1, -0.05) is 96.8 Å². The van der Waals surface area contributed by atoms with Crippen LogP contribution < -0.4 is 0 Å². The lowest BCUT2D eigenvalue weighted by atomic mass is 10.0. The second-order valence-electron chi connectivity index (χ2n) is 6.01. The number of unbranched alkanes of at least 4 members (excludes halogenated alkanes) is 13. The number of rotatable bonds is 16. The Hall–Kier alpha value is -0.530. The van der Waals surface area contributed by atoms with Gasteiger partial charge in [0.2, 0.25) is 0 Å². The number of carbonyl (C=O) groups excluding carboxylic acids is 1. The van der Waals surface area contributed by atoms with Crippen LogP contribution in [0.25, 0.3) is 0 Å². The number of ether oxygens (including phenoxy) is 1. The van der Waals surface area contributed by atoms with E-state index in [-0.39, 0.29) is 6.42 Å². The zero-order valence-corrected chi connectivity index (χ0v) is 14.4. The summed E-state index contributed by atoms with van der Waals surface area (Å²) in [4.78, 5) is 11.2. The smallest absolute Gasteiger partial charge is 0.305 e.